The van der Waals surface area contributed by atoms with E-state index >= 15 is 0 Å². The van der Waals surface area contributed by atoms with E-state index in [2.05, 4.69) is 80.4 Å². The molecule has 1 aliphatic heterocycles. The van der Waals surface area contributed by atoms with Gasteiger partial charge in [0.1, 0.15) is 17.3 Å². The number of aryl methyl sites for hydroxylation is 2. The molecule has 1 fully saturated rings. The highest BCUT2D eigenvalue weighted by Crippen LogP contribution is 2.40. The molecule has 3 heteroatoms. The van der Waals surface area contributed by atoms with Gasteiger partial charge in [-0.25, -0.2) is 0 Å². The second-order valence-electron chi connectivity index (χ2n) is 10.5. The fourth-order valence-corrected chi connectivity index (χ4v) is 5.17. The summed E-state index contributed by atoms with van der Waals surface area (Å²) in [6.45, 7) is 16.9. The summed E-state index contributed by atoms with van der Waals surface area (Å²) in [5, 5.41) is 10.9. The van der Waals surface area contributed by atoms with Gasteiger partial charge in [0, 0.05) is 11.1 Å². The van der Waals surface area contributed by atoms with Gasteiger partial charge in [-0.2, -0.15) is 0 Å². The van der Waals surface area contributed by atoms with E-state index in [4.69, 9.17) is 4.74 Å². The van der Waals surface area contributed by atoms with Crippen molar-refractivity contribution in [1.82, 2.24) is 0 Å². The van der Waals surface area contributed by atoms with E-state index in [0.29, 0.717) is 11.3 Å². The molecule has 0 saturated heterocycles. The standard InChI is InChI=1S/C34H39O2P/c1-21(10-12-28(24(4)27-13-14-27)18-31-22(2)8-7-9-23(31)3)11-17-32-25(5)34(37)20-30-16-15-29(26(6)35)19-33(30)36-32/h7-9,11,15-17,19-20,27,35H,1,6,10,12-14,18,37H2,2-5H3/b17-11-,28-24+. The first-order chi connectivity index (χ1) is 17.6. The SMILES string of the molecule is C=C(/C=C\C1=C(C)C(P)=Cc2ccc(C(=C)O)cc2O1)CC/C(Cc1c(C)cccc1C)=C(/C)C1CC1. The molecule has 1 atom stereocenters. The minimum Gasteiger partial charge on any atom is -0.508 e. The van der Waals surface area contributed by atoms with Gasteiger partial charge in [-0.15, -0.1) is 9.24 Å². The number of hydrogen-bond acceptors (Lipinski definition) is 2. The Kier molecular flexibility index (Phi) is 8.40. The number of fused-ring (bicyclic) bond motifs is 1. The van der Waals surface area contributed by atoms with Crippen molar-refractivity contribution in [1.29, 1.82) is 0 Å². The van der Waals surface area contributed by atoms with Crippen molar-refractivity contribution in [2.75, 3.05) is 0 Å². The summed E-state index contributed by atoms with van der Waals surface area (Å²) in [6.07, 6.45) is 11.8. The van der Waals surface area contributed by atoms with E-state index in [1.165, 1.54) is 29.5 Å². The number of rotatable bonds is 9. The zero-order chi connectivity index (χ0) is 26.7. The average molecular weight is 511 g/mol. The van der Waals surface area contributed by atoms with Crippen molar-refractivity contribution in [3.63, 3.8) is 0 Å². The van der Waals surface area contributed by atoms with Crippen LogP contribution in [-0.4, -0.2) is 5.11 Å². The summed E-state index contributed by atoms with van der Waals surface area (Å²) in [5.74, 6) is 2.28. The van der Waals surface area contributed by atoms with Gasteiger partial charge in [-0.3, -0.25) is 0 Å². The van der Waals surface area contributed by atoms with E-state index in [1.54, 1.807) is 11.1 Å². The maximum Gasteiger partial charge on any atom is 0.135 e. The first-order valence-electron chi connectivity index (χ1n) is 13.1. The largest absolute Gasteiger partial charge is 0.508 e. The summed E-state index contributed by atoms with van der Waals surface area (Å²) in [6, 6.07) is 12.2. The molecule has 37 heavy (non-hydrogen) atoms. The monoisotopic (exact) mass is 510 g/mol. The molecule has 4 rings (SSSR count). The molecule has 2 aliphatic rings. The van der Waals surface area contributed by atoms with Crippen LogP contribution in [0.5, 0.6) is 5.75 Å². The van der Waals surface area contributed by atoms with Gasteiger partial charge >= 0.3 is 0 Å². The lowest BCUT2D eigenvalue weighted by Crippen LogP contribution is -2.01. The smallest absolute Gasteiger partial charge is 0.135 e. The van der Waals surface area contributed by atoms with Crippen LogP contribution in [-0.2, 0) is 6.42 Å². The lowest BCUT2D eigenvalue weighted by Gasteiger charge is -2.16. The summed E-state index contributed by atoms with van der Waals surface area (Å²) < 4.78 is 6.31. The summed E-state index contributed by atoms with van der Waals surface area (Å²) in [7, 11) is 2.81. The molecular weight excluding hydrogens is 471 g/mol. The van der Waals surface area contributed by atoms with Crippen molar-refractivity contribution in [2.45, 2.75) is 59.8 Å². The Labute approximate surface area is 225 Å². The number of aliphatic hydroxyl groups excluding tert-OH is 1. The molecule has 0 spiro atoms. The topological polar surface area (TPSA) is 29.5 Å². The van der Waals surface area contributed by atoms with E-state index in [-0.39, 0.29) is 5.76 Å². The first kappa shape index (κ1) is 27.0. The third-order valence-electron chi connectivity index (χ3n) is 7.68. The predicted octanol–water partition coefficient (Wildman–Crippen LogP) is 9.58. The van der Waals surface area contributed by atoms with Gasteiger partial charge in [0.25, 0.3) is 0 Å². The molecule has 2 nitrogen and oxygen atoms in total. The van der Waals surface area contributed by atoms with Crippen LogP contribution in [0.25, 0.3) is 11.8 Å². The van der Waals surface area contributed by atoms with Crippen molar-refractivity contribution >= 4 is 21.1 Å². The highest BCUT2D eigenvalue weighted by atomic mass is 31.0. The third-order valence-corrected chi connectivity index (χ3v) is 8.28. The van der Waals surface area contributed by atoms with Crippen LogP contribution < -0.4 is 4.74 Å². The van der Waals surface area contributed by atoms with Gasteiger partial charge in [0.05, 0.1) is 0 Å². The molecule has 2 aromatic carbocycles. The predicted molar refractivity (Wildman–Crippen MR) is 162 cm³/mol. The van der Waals surface area contributed by atoms with Crippen LogP contribution in [0.3, 0.4) is 0 Å². The maximum atomic E-state index is 9.84. The number of benzene rings is 2. The minimum absolute atomic E-state index is 0.0307. The Bertz CT molecular complexity index is 1340. The molecular formula is C34H39O2P. The van der Waals surface area contributed by atoms with Crippen LogP contribution in [0.2, 0.25) is 0 Å². The van der Waals surface area contributed by atoms with Crippen molar-refractivity contribution in [2.24, 2.45) is 5.92 Å². The quantitative estimate of drug-likeness (QED) is 0.157. The summed E-state index contributed by atoms with van der Waals surface area (Å²) in [4.78, 5) is 0. The Hall–Kier alpha value is -3.09. The van der Waals surface area contributed by atoms with Gasteiger partial charge in [-0.1, -0.05) is 66.3 Å². The number of aliphatic hydroxyl groups is 1. The molecule has 1 N–H and O–H groups in total. The highest BCUT2D eigenvalue weighted by Gasteiger charge is 2.25. The van der Waals surface area contributed by atoms with E-state index < -0.39 is 0 Å². The van der Waals surface area contributed by atoms with Crippen molar-refractivity contribution in [3.05, 3.63) is 123 Å². The van der Waals surface area contributed by atoms with E-state index in [9.17, 15) is 5.11 Å². The highest BCUT2D eigenvalue weighted by molar-refractivity contribution is 7.23. The minimum atomic E-state index is 0.0307. The van der Waals surface area contributed by atoms with Crippen molar-refractivity contribution < 1.29 is 9.84 Å². The second-order valence-corrected chi connectivity index (χ2v) is 11.1. The van der Waals surface area contributed by atoms with E-state index in [1.807, 2.05) is 24.3 Å². The molecule has 0 amide bonds. The zero-order valence-electron chi connectivity index (χ0n) is 22.7. The van der Waals surface area contributed by atoms with Gasteiger partial charge in [0.2, 0.25) is 0 Å². The maximum absolute atomic E-state index is 9.84. The molecule has 0 aromatic heterocycles. The Morgan fingerprint density at radius 1 is 1.08 bits per heavy atom. The number of hydrogen-bond donors (Lipinski definition) is 1. The molecule has 2 aromatic rings. The zero-order valence-corrected chi connectivity index (χ0v) is 23.8. The molecule has 1 aliphatic carbocycles. The first-order valence-corrected chi connectivity index (χ1v) is 13.7. The Balaban J connectivity index is 1.49. The number of ether oxygens (including phenoxy) is 1. The molecule has 1 saturated carbocycles. The lowest BCUT2D eigenvalue weighted by molar-refractivity contribution is 0.439. The van der Waals surface area contributed by atoms with Gasteiger partial charge in [-0.05, 0) is 112 Å². The second kappa shape index (κ2) is 11.5. The van der Waals surface area contributed by atoms with Crippen LogP contribution in [0.15, 0.2) is 95.1 Å². The van der Waals surface area contributed by atoms with Gasteiger partial charge in [0.15, 0.2) is 0 Å². The Morgan fingerprint density at radius 2 is 1.78 bits per heavy atom. The number of allylic oxidation sites excluding steroid dienone is 7. The average Bonchev–Trinajstić information content (AvgIpc) is 3.71. The van der Waals surface area contributed by atoms with Crippen LogP contribution in [0.1, 0.15) is 67.3 Å². The Morgan fingerprint density at radius 3 is 2.43 bits per heavy atom. The van der Waals surface area contributed by atoms with Crippen molar-refractivity contribution in [3.8, 4) is 5.75 Å². The fraction of sp³-hybridized carbons (Fsp3) is 0.294. The van der Waals surface area contributed by atoms with Crippen LogP contribution >= 0.6 is 9.24 Å². The normalized spacial score (nSPS) is 16.1. The fourth-order valence-electron chi connectivity index (χ4n) is 4.85. The summed E-state index contributed by atoms with van der Waals surface area (Å²) in [5.41, 5.74) is 11.1. The van der Waals surface area contributed by atoms with E-state index in [0.717, 1.165) is 53.0 Å². The molecule has 0 radical (unpaired) electrons. The molecule has 1 heterocycles. The van der Waals surface area contributed by atoms with Crippen LogP contribution in [0, 0.1) is 19.8 Å². The molecule has 192 valence electrons. The van der Waals surface area contributed by atoms with Gasteiger partial charge < -0.3 is 9.84 Å². The summed E-state index contributed by atoms with van der Waals surface area (Å²) >= 11 is 0. The van der Waals surface area contributed by atoms with Crippen LogP contribution in [0.4, 0.5) is 0 Å². The molecule has 0 bridgehead atoms. The molecule has 1 unspecified atom stereocenters. The lowest BCUT2D eigenvalue weighted by atomic mass is 9.89. The third kappa shape index (κ3) is 6.62.